The van der Waals surface area contributed by atoms with Gasteiger partial charge in [0.05, 0.1) is 18.1 Å². The molecule has 1 unspecified atom stereocenters. The SMILES string of the molecule is C=CC(=O)NC1CCCCN(S(=O)(=O)c2ccc(C(=O)NCCN3CCOCC3)cc2)C1. The van der Waals surface area contributed by atoms with Crippen molar-refractivity contribution in [2.75, 3.05) is 52.5 Å². The number of ether oxygens (including phenoxy) is 1. The van der Waals surface area contributed by atoms with Crippen LogP contribution in [0, 0.1) is 0 Å². The number of nitrogens with zero attached hydrogens (tertiary/aromatic N) is 2. The topological polar surface area (TPSA) is 108 Å². The number of benzene rings is 1. The van der Waals surface area contributed by atoms with Crippen molar-refractivity contribution >= 4 is 21.8 Å². The Morgan fingerprint density at radius 2 is 1.84 bits per heavy atom. The number of hydrogen-bond acceptors (Lipinski definition) is 6. The number of morpholine rings is 1. The highest BCUT2D eigenvalue weighted by Gasteiger charge is 2.29. The van der Waals surface area contributed by atoms with Gasteiger partial charge in [0.1, 0.15) is 0 Å². The number of amides is 2. The third kappa shape index (κ3) is 6.61. The predicted molar refractivity (Wildman–Crippen MR) is 121 cm³/mol. The van der Waals surface area contributed by atoms with Crippen molar-refractivity contribution in [3.05, 3.63) is 42.5 Å². The van der Waals surface area contributed by atoms with E-state index in [-0.39, 0.29) is 29.3 Å². The zero-order valence-electron chi connectivity index (χ0n) is 18.3. The summed E-state index contributed by atoms with van der Waals surface area (Å²) in [4.78, 5) is 26.4. The van der Waals surface area contributed by atoms with Crippen LogP contribution in [0.5, 0.6) is 0 Å². The molecule has 2 fully saturated rings. The van der Waals surface area contributed by atoms with Gasteiger partial charge in [-0.2, -0.15) is 4.31 Å². The largest absolute Gasteiger partial charge is 0.379 e. The van der Waals surface area contributed by atoms with Crippen LogP contribution < -0.4 is 10.6 Å². The molecule has 2 aliphatic rings. The average molecular weight is 465 g/mol. The van der Waals surface area contributed by atoms with Crippen molar-refractivity contribution in [1.82, 2.24) is 19.8 Å². The second kappa shape index (κ2) is 11.6. The zero-order chi connectivity index (χ0) is 23.0. The van der Waals surface area contributed by atoms with E-state index in [4.69, 9.17) is 4.74 Å². The average Bonchev–Trinajstić information content (AvgIpc) is 3.06. The van der Waals surface area contributed by atoms with Gasteiger partial charge in [0.25, 0.3) is 5.91 Å². The molecule has 10 heteroatoms. The number of carbonyl (C=O) groups excluding carboxylic acids is 2. The minimum absolute atomic E-state index is 0.137. The van der Waals surface area contributed by atoms with Gasteiger partial charge in [0.2, 0.25) is 15.9 Å². The Bertz CT molecular complexity index is 897. The van der Waals surface area contributed by atoms with Crippen LogP contribution in [0.2, 0.25) is 0 Å². The first-order valence-corrected chi connectivity index (χ1v) is 12.5. The first kappa shape index (κ1) is 24.4. The van der Waals surface area contributed by atoms with Crippen LogP contribution in [0.4, 0.5) is 0 Å². The highest BCUT2D eigenvalue weighted by molar-refractivity contribution is 7.89. The Labute approximate surface area is 189 Å². The summed E-state index contributed by atoms with van der Waals surface area (Å²) in [5.74, 6) is -0.539. The van der Waals surface area contributed by atoms with Crippen LogP contribution in [0.1, 0.15) is 29.6 Å². The maximum absolute atomic E-state index is 13.1. The van der Waals surface area contributed by atoms with E-state index >= 15 is 0 Å². The molecule has 1 atom stereocenters. The molecule has 1 aromatic carbocycles. The maximum Gasteiger partial charge on any atom is 0.251 e. The highest BCUT2D eigenvalue weighted by Crippen LogP contribution is 2.21. The van der Waals surface area contributed by atoms with Crippen LogP contribution in [0.3, 0.4) is 0 Å². The molecule has 2 N–H and O–H groups in total. The second-order valence-electron chi connectivity index (χ2n) is 8.00. The zero-order valence-corrected chi connectivity index (χ0v) is 19.1. The van der Waals surface area contributed by atoms with E-state index in [1.165, 1.54) is 34.6 Å². The van der Waals surface area contributed by atoms with Gasteiger partial charge in [0, 0.05) is 50.9 Å². The van der Waals surface area contributed by atoms with Gasteiger partial charge in [-0.1, -0.05) is 13.0 Å². The van der Waals surface area contributed by atoms with Gasteiger partial charge < -0.3 is 15.4 Å². The summed E-state index contributed by atoms with van der Waals surface area (Å²) in [7, 11) is -3.73. The van der Waals surface area contributed by atoms with Crippen LogP contribution in [-0.4, -0.2) is 88.0 Å². The lowest BCUT2D eigenvalue weighted by atomic mass is 10.1. The summed E-state index contributed by atoms with van der Waals surface area (Å²) in [5, 5.41) is 5.68. The van der Waals surface area contributed by atoms with Crippen molar-refractivity contribution in [2.45, 2.75) is 30.2 Å². The molecule has 9 nitrogen and oxygen atoms in total. The number of nitrogens with one attached hydrogen (secondary N) is 2. The van der Waals surface area contributed by atoms with Crippen LogP contribution in [0.15, 0.2) is 41.8 Å². The lowest BCUT2D eigenvalue weighted by Gasteiger charge is -2.26. The molecule has 0 bridgehead atoms. The third-order valence-corrected chi connectivity index (χ3v) is 7.62. The van der Waals surface area contributed by atoms with E-state index < -0.39 is 10.0 Å². The molecule has 0 aromatic heterocycles. The van der Waals surface area contributed by atoms with E-state index in [9.17, 15) is 18.0 Å². The van der Waals surface area contributed by atoms with E-state index in [2.05, 4.69) is 22.1 Å². The quantitative estimate of drug-likeness (QED) is 0.546. The van der Waals surface area contributed by atoms with E-state index in [0.29, 0.717) is 31.9 Å². The fourth-order valence-electron chi connectivity index (χ4n) is 3.89. The van der Waals surface area contributed by atoms with Gasteiger partial charge in [0.15, 0.2) is 0 Å². The fourth-order valence-corrected chi connectivity index (χ4v) is 5.41. The molecule has 0 saturated carbocycles. The number of sulfonamides is 1. The Balaban J connectivity index is 1.58. The molecule has 2 aliphatic heterocycles. The van der Waals surface area contributed by atoms with Crippen molar-refractivity contribution in [3.8, 4) is 0 Å². The lowest BCUT2D eigenvalue weighted by molar-refractivity contribution is -0.117. The molecule has 0 spiro atoms. The third-order valence-electron chi connectivity index (χ3n) is 5.74. The summed E-state index contributed by atoms with van der Waals surface area (Å²) >= 11 is 0. The van der Waals surface area contributed by atoms with Crippen LogP contribution >= 0.6 is 0 Å². The Hall–Kier alpha value is -2.27. The molecule has 0 radical (unpaired) electrons. The first-order valence-electron chi connectivity index (χ1n) is 11.0. The molecule has 0 aliphatic carbocycles. The Kier molecular flexibility index (Phi) is 8.80. The molecule has 32 heavy (non-hydrogen) atoms. The van der Waals surface area contributed by atoms with Crippen molar-refractivity contribution in [1.29, 1.82) is 0 Å². The van der Waals surface area contributed by atoms with Gasteiger partial charge in [-0.15, -0.1) is 0 Å². The molecule has 2 saturated heterocycles. The Morgan fingerprint density at radius 1 is 1.12 bits per heavy atom. The van der Waals surface area contributed by atoms with Gasteiger partial charge in [-0.25, -0.2) is 8.42 Å². The summed E-state index contributed by atoms with van der Waals surface area (Å²) < 4.78 is 33.0. The summed E-state index contributed by atoms with van der Waals surface area (Å²) in [6.45, 7) is 8.46. The van der Waals surface area contributed by atoms with Crippen LogP contribution in [0.25, 0.3) is 0 Å². The number of carbonyl (C=O) groups is 2. The van der Waals surface area contributed by atoms with Crippen LogP contribution in [-0.2, 0) is 19.6 Å². The summed E-state index contributed by atoms with van der Waals surface area (Å²) in [6.07, 6.45) is 3.46. The fraction of sp³-hybridized carbons (Fsp3) is 0.545. The van der Waals surface area contributed by atoms with E-state index in [1.807, 2.05) is 0 Å². The normalized spacial score (nSPS) is 20.8. The van der Waals surface area contributed by atoms with Crippen molar-refractivity contribution in [2.24, 2.45) is 0 Å². The maximum atomic E-state index is 13.1. The molecule has 1 aromatic rings. The molecule has 176 valence electrons. The molecule has 3 rings (SSSR count). The number of rotatable bonds is 8. The minimum Gasteiger partial charge on any atom is -0.379 e. The molecule has 2 amide bonds. The predicted octanol–water partition coefficient (Wildman–Crippen LogP) is 0.594. The number of hydrogen-bond donors (Lipinski definition) is 2. The van der Waals surface area contributed by atoms with Crippen molar-refractivity contribution in [3.63, 3.8) is 0 Å². The first-order chi connectivity index (χ1) is 15.4. The minimum atomic E-state index is -3.73. The lowest BCUT2D eigenvalue weighted by Crippen LogP contribution is -2.44. The second-order valence-corrected chi connectivity index (χ2v) is 9.94. The highest BCUT2D eigenvalue weighted by atomic mass is 32.2. The van der Waals surface area contributed by atoms with Gasteiger partial charge in [-0.05, 0) is 43.2 Å². The van der Waals surface area contributed by atoms with Crippen molar-refractivity contribution < 1.29 is 22.7 Å². The van der Waals surface area contributed by atoms with Gasteiger partial charge >= 0.3 is 0 Å². The standard InChI is InChI=1S/C22H32N4O5S/c1-2-21(27)24-19-5-3-4-11-26(17-19)32(29,30)20-8-6-18(7-9-20)22(28)23-10-12-25-13-15-31-16-14-25/h2,6-9,19H,1,3-5,10-17H2,(H,23,28)(H,24,27). The van der Waals surface area contributed by atoms with E-state index in [1.54, 1.807) is 0 Å². The molecular weight excluding hydrogens is 432 g/mol. The van der Waals surface area contributed by atoms with Gasteiger partial charge in [-0.3, -0.25) is 14.5 Å². The smallest absolute Gasteiger partial charge is 0.251 e. The summed E-state index contributed by atoms with van der Waals surface area (Å²) in [6, 6.07) is 5.75. The molecule has 2 heterocycles. The van der Waals surface area contributed by atoms with E-state index in [0.717, 1.165) is 38.9 Å². The summed E-state index contributed by atoms with van der Waals surface area (Å²) in [5.41, 5.74) is 0.415. The Morgan fingerprint density at radius 3 is 2.53 bits per heavy atom. The molecular formula is C22H32N4O5S. The monoisotopic (exact) mass is 464 g/mol.